The predicted octanol–water partition coefficient (Wildman–Crippen LogP) is -0.712. The number of carboxylic acids is 1. The first-order chi connectivity index (χ1) is 8.51. The number of carboxylic acid groups (broad SMARTS) is 1. The predicted molar refractivity (Wildman–Crippen MR) is 62.6 cm³/mol. The van der Waals surface area contributed by atoms with Crippen molar-refractivity contribution in [2.45, 2.75) is 24.9 Å². The molecule has 7 heteroatoms. The molecule has 1 atom stereocenters. The number of likely N-dealkylation sites (tertiary alicyclic amines) is 1. The van der Waals surface area contributed by atoms with E-state index in [-0.39, 0.29) is 12.5 Å². The molecule has 0 aliphatic carbocycles. The average Bonchev–Trinajstić information content (AvgIpc) is 2.95. The molecule has 1 amide bonds. The molecule has 1 fully saturated rings. The van der Waals surface area contributed by atoms with Crippen molar-refractivity contribution in [3.8, 4) is 0 Å². The minimum absolute atomic E-state index is 0.0720. The Hall–Kier alpha value is -1.89. The van der Waals surface area contributed by atoms with E-state index in [1.54, 1.807) is 23.3 Å². The Morgan fingerprint density at radius 2 is 2.28 bits per heavy atom. The zero-order valence-corrected chi connectivity index (χ0v) is 9.95. The lowest BCUT2D eigenvalue weighted by atomic mass is 10.0. The van der Waals surface area contributed by atoms with E-state index in [1.807, 2.05) is 0 Å². The highest BCUT2D eigenvalue weighted by molar-refractivity contribution is 5.83. The van der Waals surface area contributed by atoms with Crippen molar-refractivity contribution in [3.05, 3.63) is 18.7 Å². The number of carbonyl (C=O) groups is 2. The van der Waals surface area contributed by atoms with Crippen LogP contribution in [0.25, 0.3) is 0 Å². The molecule has 1 aromatic rings. The van der Waals surface area contributed by atoms with Crippen LogP contribution in [0.3, 0.4) is 0 Å². The zero-order chi connectivity index (χ0) is 13.2. The van der Waals surface area contributed by atoms with E-state index in [0.29, 0.717) is 25.9 Å². The molecule has 98 valence electrons. The normalized spacial score (nSPS) is 23.3. The van der Waals surface area contributed by atoms with Gasteiger partial charge in [0.2, 0.25) is 5.91 Å². The second-order valence-corrected chi connectivity index (χ2v) is 4.58. The highest BCUT2D eigenvalue weighted by atomic mass is 16.4. The van der Waals surface area contributed by atoms with Gasteiger partial charge in [-0.15, -0.1) is 0 Å². The van der Waals surface area contributed by atoms with Crippen molar-refractivity contribution >= 4 is 11.9 Å². The number of hydrogen-bond donors (Lipinski definition) is 2. The van der Waals surface area contributed by atoms with Crippen molar-refractivity contribution in [2.75, 3.05) is 13.1 Å². The maximum Gasteiger partial charge on any atom is 0.325 e. The number of nitrogens with zero attached hydrogens (tertiary/aromatic N) is 3. The summed E-state index contributed by atoms with van der Waals surface area (Å²) < 4.78 is 1.81. The first kappa shape index (κ1) is 12.6. The van der Waals surface area contributed by atoms with Gasteiger partial charge in [-0.25, -0.2) is 4.98 Å². The number of rotatable bonds is 4. The molecular weight excluding hydrogens is 236 g/mol. The number of imidazole rings is 1. The zero-order valence-electron chi connectivity index (χ0n) is 9.95. The van der Waals surface area contributed by atoms with E-state index < -0.39 is 11.5 Å². The summed E-state index contributed by atoms with van der Waals surface area (Å²) >= 11 is 0. The second kappa shape index (κ2) is 4.77. The summed E-state index contributed by atoms with van der Waals surface area (Å²) in [7, 11) is 0. The van der Waals surface area contributed by atoms with Crippen LogP contribution in [0, 0.1) is 0 Å². The molecule has 18 heavy (non-hydrogen) atoms. The van der Waals surface area contributed by atoms with Crippen molar-refractivity contribution in [1.82, 2.24) is 14.5 Å². The maximum absolute atomic E-state index is 11.9. The fourth-order valence-electron chi connectivity index (χ4n) is 2.02. The Kier molecular flexibility index (Phi) is 3.33. The van der Waals surface area contributed by atoms with Crippen LogP contribution in [0.15, 0.2) is 18.7 Å². The average molecular weight is 252 g/mol. The Morgan fingerprint density at radius 1 is 1.50 bits per heavy atom. The molecule has 7 nitrogen and oxygen atoms in total. The topological polar surface area (TPSA) is 101 Å². The molecule has 1 aromatic heterocycles. The van der Waals surface area contributed by atoms with Gasteiger partial charge in [-0.05, 0) is 6.42 Å². The smallest absolute Gasteiger partial charge is 0.325 e. The lowest BCUT2D eigenvalue weighted by Crippen LogP contribution is -2.50. The molecular formula is C11H16N4O3. The van der Waals surface area contributed by atoms with Crippen LogP contribution in [0.5, 0.6) is 0 Å². The van der Waals surface area contributed by atoms with Gasteiger partial charge in [-0.3, -0.25) is 9.59 Å². The fraction of sp³-hybridized carbons (Fsp3) is 0.545. The number of aromatic nitrogens is 2. The summed E-state index contributed by atoms with van der Waals surface area (Å²) in [4.78, 5) is 28.3. The molecule has 2 rings (SSSR count). The second-order valence-electron chi connectivity index (χ2n) is 4.58. The van der Waals surface area contributed by atoms with E-state index in [4.69, 9.17) is 10.8 Å². The van der Waals surface area contributed by atoms with E-state index >= 15 is 0 Å². The van der Waals surface area contributed by atoms with Gasteiger partial charge < -0.3 is 20.3 Å². The Balaban J connectivity index is 1.86. The van der Waals surface area contributed by atoms with E-state index in [9.17, 15) is 9.59 Å². The monoisotopic (exact) mass is 252 g/mol. The molecule has 0 radical (unpaired) electrons. The summed E-state index contributed by atoms with van der Waals surface area (Å²) in [5.74, 6) is -1.12. The van der Waals surface area contributed by atoms with Crippen molar-refractivity contribution < 1.29 is 14.7 Å². The molecule has 0 bridgehead atoms. The number of aliphatic carboxylic acids is 1. The molecule has 1 unspecified atom stereocenters. The molecule has 3 N–H and O–H groups in total. The molecule has 0 aromatic carbocycles. The highest BCUT2D eigenvalue weighted by Crippen LogP contribution is 2.19. The molecule has 0 saturated carbocycles. The molecule has 1 aliphatic heterocycles. The standard InChI is InChI=1S/C11H16N4O3/c12-11(10(17)18)2-5-15(7-11)9(16)1-4-14-6-3-13-8-14/h3,6,8H,1-2,4-5,7,12H2,(H,17,18). The number of carbonyl (C=O) groups excluding carboxylic acids is 1. The van der Waals surface area contributed by atoms with Gasteiger partial charge in [0.15, 0.2) is 0 Å². The summed E-state index contributed by atoms with van der Waals surface area (Å²) in [5.41, 5.74) is 4.43. The van der Waals surface area contributed by atoms with Crippen LogP contribution in [0.2, 0.25) is 0 Å². The van der Waals surface area contributed by atoms with Crippen LogP contribution in [0.4, 0.5) is 0 Å². The largest absolute Gasteiger partial charge is 0.480 e. The SMILES string of the molecule is NC1(C(=O)O)CCN(C(=O)CCn2ccnc2)C1. The third kappa shape index (κ3) is 2.51. The van der Waals surface area contributed by atoms with Crippen molar-refractivity contribution in [2.24, 2.45) is 5.73 Å². The van der Waals surface area contributed by atoms with Gasteiger partial charge in [0.25, 0.3) is 0 Å². The van der Waals surface area contributed by atoms with Gasteiger partial charge in [0.05, 0.1) is 6.33 Å². The lowest BCUT2D eigenvalue weighted by Gasteiger charge is -2.20. The van der Waals surface area contributed by atoms with Crippen molar-refractivity contribution in [3.63, 3.8) is 0 Å². The minimum atomic E-state index is -1.29. The van der Waals surface area contributed by atoms with Crippen LogP contribution >= 0.6 is 0 Å². The first-order valence-electron chi connectivity index (χ1n) is 5.77. The van der Waals surface area contributed by atoms with Crippen LogP contribution in [-0.2, 0) is 16.1 Å². The quantitative estimate of drug-likeness (QED) is 0.737. The summed E-state index contributed by atoms with van der Waals surface area (Å²) in [6.45, 7) is 1.04. The number of amides is 1. The molecule has 0 spiro atoms. The third-order valence-corrected chi connectivity index (χ3v) is 3.22. The van der Waals surface area contributed by atoms with Crippen LogP contribution in [-0.4, -0.2) is 50.1 Å². The number of nitrogens with two attached hydrogens (primary N) is 1. The van der Waals surface area contributed by atoms with Gasteiger partial charge in [-0.1, -0.05) is 0 Å². The number of hydrogen-bond acceptors (Lipinski definition) is 4. The summed E-state index contributed by atoms with van der Waals surface area (Å²) in [6.07, 6.45) is 5.70. The Bertz CT molecular complexity index is 445. The van der Waals surface area contributed by atoms with E-state index in [1.165, 1.54) is 4.90 Å². The van der Waals surface area contributed by atoms with Crippen LogP contribution < -0.4 is 5.73 Å². The minimum Gasteiger partial charge on any atom is -0.480 e. The first-order valence-corrected chi connectivity index (χ1v) is 5.77. The third-order valence-electron chi connectivity index (χ3n) is 3.22. The lowest BCUT2D eigenvalue weighted by molar-refractivity contribution is -0.143. The van der Waals surface area contributed by atoms with Crippen LogP contribution in [0.1, 0.15) is 12.8 Å². The Labute approximate surface area is 104 Å². The van der Waals surface area contributed by atoms with Gasteiger partial charge in [-0.2, -0.15) is 0 Å². The highest BCUT2D eigenvalue weighted by Gasteiger charge is 2.42. The van der Waals surface area contributed by atoms with E-state index in [2.05, 4.69) is 4.98 Å². The maximum atomic E-state index is 11.9. The van der Waals surface area contributed by atoms with Gasteiger partial charge in [0.1, 0.15) is 5.54 Å². The van der Waals surface area contributed by atoms with Crippen molar-refractivity contribution in [1.29, 1.82) is 0 Å². The fourth-order valence-corrected chi connectivity index (χ4v) is 2.02. The van der Waals surface area contributed by atoms with Gasteiger partial charge in [0, 0.05) is 38.4 Å². The van der Waals surface area contributed by atoms with E-state index in [0.717, 1.165) is 0 Å². The molecule has 1 saturated heterocycles. The number of aryl methyl sites for hydroxylation is 1. The summed E-state index contributed by atoms with van der Waals surface area (Å²) in [5, 5.41) is 8.98. The molecule has 1 aliphatic rings. The Morgan fingerprint density at radius 3 is 2.83 bits per heavy atom. The van der Waals surface area contributed by atoms with Gasteiger partial charge >= 0.3 is 5.97 Å². The molecule has 2 heterocycles. The summed E-state index contributed by atoms with van der Waals surface area (Å²) in [6, 6.07) is 0.